The van der Waals surface area contributed by atoms with Crippen molar-refractivity contribution in [3.8, 4) is 6.07 Å². The Morgan fingerprint density at radius 1 is 1.07 bits per heavy atom. The molecule has 1 fully saturated rings. The lowest BCUT2D eigenvalue weighted by atomic mass is 10.0. The van der Waals surface area contributed by atoms with Gasteiger partial charge in [0.2, 0.25) is 5.91 Å². The Balaban J connectivity index is 1.61. The van der Waals surface area contributed by atoms with E-state index in [9.17, 15) is 26.4 Å². The van der Waals surface area contributed by atoms with Gasteiger partial charge < -0.3 is 9.80 Å². The Hall–Kier alpha value is -3.30. The van der Waals surface area contributed by atoms with E-state index in [1.807, 2.05) is 0 Å². The van der Waals surface area contributed by atoms with Gasteiger partial charge in [-0.3, -0.25) is 9.52 Å². The second-order valence-electron chi connectivity index (χ2n) is 10.0. The first-order chi connectivity index (χ1) is 19.8. The highest BCUT2D eigenvalue weighted by molar-refractivity contribution is 7.92. The summed E-state index contributed by atoms with van der Waals surface area (Å²) in [6, 6.07) is 14.6. The molecular formula is C29H27Cl2F3N4O3S. The molecule has 0 aliphatic carbocycles. The molecule has 1 atom stereocenters. The van der Waals surface area contributed by atoms with Crippen LogP contribution in [0.2, 0.25) is 10.0 Å². The first kappa shape index (κ1) is 31.6. The molecule has 0 saturated carbocycles. The first-order valence-corrected chi connectivity index (χ1v) is 15.2. The lowest BCUT2D eigenvalue weighted by molar-refractivity contribution is -0.138. The Morgan fingerprint density at radius 2 is 1.79 bits per heavy atom. The Morgan fingerprint density at radius 3 is 2.43 bits per heavy atom. The zero-order chi connectivity index (χ0) is 30.7. The van der Waals surface area contributed by atoms with E-state index in [0.717, 1.165) is 38.1 Å². The molecule has 4 rings (SSSR count). The lowest BCUT2D eigenvalue weighted by Gasteiger charge is -2.32. The number of sulfonamides is 1. The number of likely N-dealkylation sites (N-methyl/N-ethyl adjacent to an activating group) is 1. The number of hydrogen-bond acceptors (Lipinski definition) is 5. The summed E-state index contributed by atoms with van der Waals surface area (Å²) in [7, 11) is -2.77. The van der Waals surface area contributed by atoms with Crippen molar-refractivity contribution >= 4 is 44.8 Å². The third-order valence-corrected chi connectivity index (χ3v) is 9.20. The Kier molecular flexibility index (Phi) is 9.73. The maximum atomic E-state index is 13.4. The number of carbonyl (C=O) groups is 1. The Bertz CT molecular complexity index is 1620. The van der Waals surface area contributed by atoms with E-state index < -0.39 is 38.3 Å². The van der Waals surface area contributed by atoms with Crippen molar-refractivity contribution in [2.24, 2.45) is 0 Å². The maximum absolute atomic E-state index is 13.4. The van der Waals surface area contributed by atoms with Crippen LogP contribution in [0.15, 0.2) is 65.6 Å². The van der Waals surface area contributed by atoms with Crippen molar-refractivity contribution in [1.82, 2.24) is 9.80 Å². The van der Waals surface area contributed by atoms with E-state index in [1.165, 1.54) is 12.1 Å². The van der Waals surface area contributed by atoms with Crippen molar-refractivity contribution < 1.29 is 26.4 Å². The molecule has 0 bridgehead atoms. The van der Waals surface area contributed by atoms with Gasteiger partial charge in [0.15, 0.2) is 0 Å². The normalized spacial score (nSPS) is 14.8. The van der Waals surface area contributed by atoms with Crippen LogP contribution in [0.4, 0.5) is 18.9 Å². The largest absolute Gasteiger partial charge is 0.417 e. The van der Waals surface area contributed by atoms with Crippen molar-refractivity contribution in [3.05, 3.63) is 93.0 Å². The monoisotopic (exact) mass is 638 g/mol. The standard InChI is InChI=1S/C29H27Cl2F3N4O3S/c1-37(28(39)14-19-7-10-25(30)26(31)13-19)27(18-38-11-2-3-12-38)20-5-4-6-22(15-20)36-42(40,41)23-9-8-21(17-35)24(16-23)29(32,33)34/h4-10,13,15-16,27,36H,2-3,11-12,14,18H2,1H3. The number of amides is 1. The predicted octanol–water partition coefficient (Wildman–Crippen LogP) is 6.52. The molecule has 222 valence electrons. The van der Waals surface area contributed by atoms with Gasteiger partial charge in [0.05, 0.1) is 44.6 Å². The number of alkyl halides is 3. The van der Waals surface area contributed by atoms with Crippen LogP contribution in [0, 0.1) is 11.3 Å². The summed E-state index contributed by atoms with van der Waals surface area (Å²) in [5.41, 5.74) is -0.579. The summed E-state index contributed by atoms with van der Waals surface area (Å²) >= 11 is 12.1. The molecule has 1 heterocycles. The van der Waals surface area contributed by atoms with E-state index in [0.29, 0.717) is 33.8 Å². The van der Waals surface area contributed by atoms with Crippen LogP contribution < -0.4 is 4.72 Å². The first-order valence-electron chi connectivity index (χ1n) is 12.9. The molecule has 1 aliphatic rings. The summed E-state index contributed by atoms with van der Waals surface area (Å²) in [4.78, 5) is 16.6. The van der Waals surface area contributed by atoms with Gasteiger partial charge in [0, 0.05) is 19.3 Å². The molecule has 1 unspecified atom stereocenters. The second-order valence-corrected chi connectivity index (χ2v) is 12.5. The summed E-state index contributed by atoms with van der Waals surface area (Å²) in [5.74, 6) is -0.194. The molecule has 1 amide bonds. The van der Waals surface area contributed by atoms with Crippen LogP contribution >= 0.6 is 23.2 Å². The van der Waals surface area contributed by atoms with Gasteiger partial charge in [-0.2, -0.15) is 18.4 Å². The van der Waals surface area contributed by atoms with E-state index in [-0.39, 0.29) is 18.0 Å². The summed E-state index contributed by atoms with van der Waals surface area (Å²) < 4.78 is 68.8. The average Bonchev–Trinajstić information content (AvgIpc) is 3.46. The molecule has 13 heteroatoms. The van der Waals surface area contributed by atoms with Gasteiger partial charge in [-0.1, -0.05) is 41.4 Å². The van der Waals surface area contributed by atoms with Crippen molar-refractivity contribution in [2.75, 3.05) is 31.4 Å². The molecule has 1 N–H and O–H groups in total. The predicted molar refractivity (Wildman–Crippen MR) is 155 cm³/mol. The van der Waals surface area contributed by atoms with Gasteiger partial charge in [-0.05, 0) is 79.5 Å². The van der Waals surface area contributed by atoms with Crippen molar-refractivity contribution in [3.63, 3.8) is 0 Å². The number of nitrogens with one attached hydrogen (secondary N) is 1. The lowest BCUT2D eigenvalue weighted by Crippen LogP contribution is -2.39. The molecule has 1 saturated heterocycles. The second kappa shape index (κ2) is 12.9. The van der Waals surface area contributed by atoms with Crippen LogP contribution in [-0.4, -0.2) is 50.8 Å². The van der Waals surface area contributed by atoms with Gasteiger partial charge in [0.25, 0.3) is 10.0 Å². The molecular weight excluding hydrogens is 612 g/mol. The van der Waals surface area contributed by atoms with E-state index in [2.05, 4.69) is 9.62 Å². The van der Waals surface area contributed by atoms with E-state index in [1.54, 1.807) is 48.3 Å². The molecule has 0 radical (unpaired) electrons. The number of rotatable bonds is 9. The van der Waals surface area contributed by atoms with Crippen LogP contribution in [0.25, 0.3) is 0 Å². The fraction of sp³-hybridized carbons (Fsp3) is 0.310. The van der Waals surface area contributed by atoms with Crippen LogP contribution in [-0.2, 0) is 27.4 Å². The topological polar surface area (TPSA) is 93.5 Å². The van der Waals surface area contributed by atoms with E-state index in [4.69, 9.17) is 28.5 Å². The highest BCUT2D eigenvalue weighted by atomic mass is 35.5. The summed E-state index contributed by atoms with van der Waals surface area (Å²) in [5, 5.41) is 9.74. The molecule has 0 aromatic heterocycles. The van der Waals surface area contributed by atoms with Gasteiger partial charge in [0.1, 0.15) is 0 Å². The smallest absolute Gasteiger partial charge is 0.337 e. The molecule has 7 nitrogen and oxygen atoms in total. The summed E-state index contributed by atoms with van der Waals surface area (Å²) in [6.07, 6.45) is -2.79. The fourth-order valence-electron chi connectivity index (χ4n) is 4.83. The maximum Gasteiger partial charge on any atom is 0.417 e. The zero-order valence-electron chi connectivity index (χ0n) is 22.5. The molecule has 42 heavy (non-hydrogen) atoms. The van der Waals surface area contributed by atoms with Crippen LogP contribution in [0.3, 0.4) is 0 Å². The van der Waals surface area contributed by atoms with E-state index >= 15 is 0 Å². The number of nitrogens with zero attached hydrogens (tertiary/aromatic N) is 3. The molecule has 1 aliphatic heterocycles. The molecule has 3 aromatic carbocycles. The van der Waals surface area contributed by atoms with Gasteiger partial charge in [-0.25, -0.2) is 8.42 Å². The minimum Gasteiger partial charge on any atom is -0.337 e. The fourth-order valence-corrected chi connectivity index (χ4v) is 6.23. The minimum absolute atomic E-state index is 0.0659. The Labute approximate surface area is 252 Å². The summed E-state index contributed by atoms with van der Waals surface area (Å²) in [6.45, 7) is 2.22. The molecule has 0 spiro atoms. The average molecular weight is 640 g/mol. The number of benzene rings is 3. The molecule has 3 aromatic rings. The van der Waals surface area contributed by atoms with Crippen molar-refractivity contribution in [2.45, 2.75) is 36.4 Å². The number of hydrogen-bond donors (Lipinski definition) is 1. The zero-order valence-corrected chi connectivity index (χ0v) is 24.8. The highest BCUT2D eigenvalue weighted by Gasteiger charge is 2.35. The van der Waals surface area contributed by atoms with Gasteiger partial charge in [-0.15, -0.1) is 0 Å². The minimum atomic E-state index is -4.91. The third-order valence-electron chi connectivity index (χ3n) is 7.08. The number of anilines is 1. The third kappa shape index (κ3) is 7.55. The quantitative estimate of drug-likeness (QED) is 0.288. The van der Waals surface area contributed by atoms with Crippen LogP contribution in [0.5, 0.6) is 0 Å². The highest BCUT2D eigenvalue weighted by Crippen LogP contribution is 2.34. The van der Waals surface area contributed by atoms with Gasteiger partial charge >= 0.3 is 6.18 Å². The van der Waals surface area contributed by atoms with Crippen LogP contribution in [0.1, 0.15) is 41.1 Å². The number of halogens is 5. The van der Waals surface area contributed by atoms with Crippen molar-refractivity contribution in [1.29, 1.82) is 5.26 Å². The number of likely N-dealkylation sites (tertiary alicyclic amines) is 1. The number of nitriles is 1. The number of carbonyl (C=O) groups excluding carboxylic acids is 1. The SMILES string of the molecule is CN(C(=O)Cc1ccc(Cl)c(Cl)c1)C(CN1CCCC1)c1cccc(NS(=O)(=O)c2ccc(C#N)c(C(F)(F)F)c2)c1.